The molecule has 0 bridgehead atoms. The summed E-state index contributed by atoms with van der Waals surface area (Å²) in [6.07, 6.45) is 3.22. The molecule has 6 nitrogen and oxygen atoms in total. The van der Waals surface area contributed by atoms with Crippen LogP contribution in [0.3, 0.4) is 0 Å². The zero-order valence-electron chi connectivity index (χ0n) is 16.7. The highest BCUT2D eigenvalue weighted by molar-refractivity contribution is 7.92. The number of hydrogen-bond donors (Lipinski definition) is 1. The maximum Gasteiger partial charge on any atom is 0.262 e. The van der Waals surface area contributed by atoms with E-state index in [0.717, 1.165) is 0 Å². The number of nitrogens with zero attached hydrogens (tertiary/aromatic N) is 1. The largest absolute Gasteiger partial charge is 0.494 e. The van der Waals surface area contributed by atoms with Crippen LogP contribution >= 0.6 is 0 Å². The molecular formula is C22H26N2O4S. The zero-order valence-corrected chi connectivity index (χ0v) is 17.5. The molecule has 1 amide bonds. The van der Waals surface area contributed by atoms with Crippen molar-refractivity contribution in [3.8, 4) is 5.75 Å². The Morgan fingerprint density at radius 1 is 1.10 bits per heavy atom. The molecule has 2 aromatic rings. The highest BCUT2D eigenvalue weighted by Crippen LogP contribution is 2.23. The molecule has 0 heterocycles. The second-order valence-electron chi connectivity index (χ2n) is 6.33. The van der Waals surface area contributed by atoms with Crippen molar-refractivity contribution in [3.05, 3.63) is 78.9 Å². The molecule has 29 heavy (non-hydrogen) atoms. The highest BCUT2D eigenvalue weighted by atomic mass is 32.2. The van der Waals surface area contributed by atoms with Crippen molar-refractivity contribution in [3.63, 3.8) is 0 Å². The summed E-state index contributed by atoms with van der Waals surface area (Å²) < 4.78 is 33.8. The predicted octanol–water partition coefficient (Wildman–Crippen LogP) is 4.01. The fraction of sp³-hybridized carbons (Fsp3) is 0.227. The van der Waals surface area contributed by atoms with Crippen molar-refractivity contribution < 1.29 is 17.9 Å². The number of ether oxygens (including phenoxy) is 1. The van der Waals surface area contributed by atoms with E-state index >= 15 is 0 Å². The molecule has 0 aliphatic carbocycles. The van der Waals surface area contributed by atoms with Crippen molar-refractivity contribution in [1.29, 1.82) is 0 Å². The average Bonchev–Trinajstić information content (AvgIpc) is 2.69. The minimum Gasteiger partial charge on any atom is -0.494 e. The Labute approximate surface area is 172 Å². The summed E-state index contributed by atoms with van der Waals surface area (Å²) in [5.41, 5.74) is 1.23. The van der Waals surface area contributed by atoms with E-state index in [9.17, 15) is 13.2 Å². The lowest BCUT2D eigenvalue weighted by molar-refractivity contribution is 0.0790. The zero-order chi connectivity index (χ0) is 21.4. The molecule has 0 aliphatic heterocycles. The van der Waals surface area contributed by atoms with Crippen molar-refractivity contribution in [1.82, 2.24) is 4.90 Å². The molecule has 0 atom stereocenters. The number of anilines is 1. The maximum absolute atomic E-state index is 12.9. The van der Waals surface area contributed by atoms with Crippen LogP contribution in [-0.2, 0) is 10.0 Å². The van der Waals surface area contributed by atoms with Crippen LogP contribution in [0, 0.1) is 6.92 Å². The fourth-order valence-corrected chi connectivity index (χ4v) is 4.08. The van der Waals surface area contributed by atoms with E-state index in [4.69, 9.17) is 4.74 Å². The monoisotopic (exact) mass is 414 g/mol. The summed E-state index contributed by atoms with van der Waals surface area (Å²) in [5, 5.41) is 0. The number of carbonyl (C=O) groups excluding carboxylic acids is 1. The van der Waals surface area contributed by atoms with Crippen LogP contribution in [0.2, 0.25) is 0 Å². The van der Waals surface area contributed by atoms with E-state index in [1.165, 1.54) is 11.0 Å². The third-order valence-corrected chi connectivity index (χ3v) is 5.65. The molecule has 7 heteroatoms. The second kappa shape index (κ2) is 9.93. The van der Waals surface area contributed by atoms with Gasteiger partial charge in [0.1, 0.15) is 5.75 Å². The first-order valence-corrected chi connectivity index (χ1v) is 10.7. The highest BCUT2D eigenvalue weighted by Gasteiger charge is 2.21. The molecule has 0 saturated carbocycles. The van der Waals surface area contributed by atoms with E-state index in [1.807, 2.05) is 6.92 Å². The van der Waals surface area contributed by atoms with Crippen LogP contribution in [0.1, 0.15) is 22.8 Å². The lowest BCUT2D eigenvalue weighted by Gasteiger charge is -2.20. The summed E-state index contributed by atoms with van der Waals surface area (Å²) in [6.45, 7) is 12.1. The van der Waals surface area contributed by atoms with Gasteiger partial charge in [0.25, 0.3) is 15.9 Å². The van der Waals surface area contributed by atoms with Crippen LogP contribution < -0.4 is 9.46 Å². The summed E-state index contributed by atoms with van der Waals surface area (Å²) in [6, 6.07) is 11.3. The molecule has 0 aliphatic rings. The molecule has 154 valence electrons. The molecule has 2 rings (SSSR count). The number of aryl methyl sites for hydroxylation is 1. The first-order valence-electron chi connectivity index (χ1n) is 9.19. The van der Waals surface area contributed by atoms with Crippen LogP contribution in [-0.4, -0.2) is 38.9 Å². The fourth-order valence-electron chi connectivity index (χ4n) is 2.75. The van der Waals surface area contributed by atoms with Crippen molar-refractivity contribution >= 4 is 21.6 Å². The normalized spacial score (nSPS) is 10.8. The summed E-state index contributed by atoms with van der Waals surface area (Å²) in [5.74, 6) is 0.367. The van der Waals surface area contributed by atoms with E-state index < -0.39 is 10.0 Å². The first-order chi connectivity index (χ1) is 13.8. The standard InChI is InChI=1S/C22H26N2O4S/c1-5-14-24(15-6-2)22(25)18-9-8-17(4)21(16-18)29(26,27)23-19-10-12-20(13-11-19)28-7-3/h5-6,8-13,16,23H,1-2,7,14-15H2,3-4H3. The van der Waals surface area contributed by atoms with Gasteiger partial charge in [0.2, 0.25) is 0 Å². The number of benzene rings is 2. The van der Waals surface area contributed by atoms with Gasteiger partial charge in [-0.2, -0.15) is 0 Å². The molecule has 0 aromatic heterocycles. The molecule has 0 fully saturated rings. The number of amides is 1. The van der Waals surface area contributed by atoms with Gasteiger partial charge in [0.05, 0.1) is 11.5 Å². The molecule has 0 unspecified atom stereocenters. The minimum atomic E-state index is -3.88. The molecule has 2 aromatic carbocycles. The Morgan fingerprint density at radius 3 is 2.28 bits per heavy atom. The Kier molecular flexibility index (Phi) is 7.61. The summed E-state index contributed by atoms with van der Waals surface area (Å²) in [4.78, 5) is 14.4. The molecule has 0 spiro atoms. The number of nitrogens with one attached hydrogen (secondary N) is 1. The third kappa shape index (κ3) is 5.71. The number of rotatable bonds is 10. The van der Waals surface area contributed by atoms with Gasteiger partial charge in [-0.1, -0.05) is 18.2 Å². The molecule has 0 radical (unpaired) electrons. The van der Waals surface area contributed by atoms with Gasteiger partial charge in [-0.15, -0.1) is 13.2 Å². The van der Waals surface area contributed by atoms with Gasteiger partial charge in [0, 0.05) is 24.3 Å². The van der Waals surface area contributed by atoms with Gasteiger partial charge in [-0.3, -0.25) is 9.52 Å². The number of carbonyl (C=O) groups is 1. The van der Waals surface area contributed by atoms with Crippen LogP contribution in [0.15, 0.2) is 72.7 Å². The van der Waals surface area contributed by atoms with Gasteiger partial charge >= 0.3 is 0 Å². The van der Waals surface area contributed by atoms with E-state index in [-0.39, 0.29) is 16.4 Å². The third-order valence-electron chi connectivity index (χ3n) is 4.13. The number of hydrogen-bond acceptors (Lipinski definition) is 4. The van der Waals surface area contributed by atoms with Crippen LogP contribution in [0.5, 0.6) is 5.75 Å². The van der Waals surface area contributed by atoms with E-state index in [1.54, 1.807) is 55.5 Å². The van der Waals surface area contributed by atoms with E-state index in [0.29, 0.717) is 36.7 Å². The Balaban J connectivity index is 2.32. The second-order valence-corrected chi connectivity index (χ2v) is 7.98. The van der Waals surface area contributed by atoms with Crippen molar-refractivity contribution in [2.24, 2.45) is 0 Å². The summed E-state index contributed by atoms with van der Waals surface area (Å²) in [7, 11) is -3.88. The topological polar surface area (TPSA) is 75.7 Å². The SMILES string of the molecule is C=CCN(CC=C)C(=O)c1ccc(C)c(S(=O)(=O)Nc2ccc(OCC)cc2)c1. The molecule has 1 N–H and O–H groups in total. The summed E-state index contributed by atoms with van der Waals surface area (Å²) >= 11 is 0. The molecule has 0 saturated heterocycles. The minimum absolute atomic E-state index is 0.0504. The van der Waals surface area contributed by atoms with Gasteiger partial charge in [0.15, 0.2) is 0 Å². The van der Waals surface area contributed by atoms with Crippen molar-refractivity contribution in [2.75, 3.05) is 24.4 Å². The Morgan fingerprint density at radius 2 is 1.72 bits per heavy atom. The lowest BCUT2D eigenvalue weighted by atomic mass is 10.1. The van der Waals surface area contributed by atoms with Crippen LogP contribution in [0.4, 0.5) is 5.69 Å². The van der Waals surface area contributed by atoms with Gasteiger partial charge < -0.3 is 9.64 Å². The quantitative estimate of drug-likeness (QED) is 0.596. The van der Waals surface area contributed by atoms with E-state index in [2.05, 4.69) is 17.9 Å². The Hall–Kier alpha value is -3.06. The Bertz CT molecular complexity index is 972. The number of sulfonamides is 1. The van der Waals surface area contributed by atoms with Gasteiger partial charge in [-0.25, -0.2) is 8.42 Å². The predicted molar refractivity (Wildman–Crippen MR) is 116 cm³/mol. The smallest absolute Gasteiger partial charge is 0.262 e. The molecular weight excluding hydrogens is 388 g/mol. The first kappa shape index (κ1) is 22.2. The van der Waals surface area contributed by atoms with Gasteiger partial charge in [-0.05, 0) is 55.8 Å². The van der Waals surface area contributed by atoms with Crippen molar-refractivity contribution in [2.45, 2.75) is 18.7 Å². The van der Waals surface area contributed by atoms with Crippen LogP contribution in [0.25, 0.3) is 0 Å². The average molecular weight is 415 g/mol. The lowest BCUT2D eigenvalue weighted by Crippen LogP contribution is -2.31. The maximum atomic E-state index is 12.9.